The first kappa shape index (κ1) is 17.5. The predicted molar refractivity (Wildman–Crippen MR) is 98.5 cm³/mol. The van der Waals surface area contributed by atoms with Crippen molar-refractivity contribution in [3.05, 3.63) is 35.8 Å². The highest BCUT2D eigenvalue weighted by molar-refractivity contribution is 5.79. The van der Waals surface area contributed by atoms with E-state index in [0.29, 0.717) is 18.2 Å². The predicted octanol–water partition coefficient (Wildman–Crippen LogP) is 1.49. The Kier molecular flexibility index (Phi) is 4.75. The highest BCUT2D eigenvalue weighted by atomic mass is 16.2. The number of pyridine rings is 1. The van der Waals surface area contributed by atoms with Gasteiger partial charge < -0.3 is 9.80 Å². The highest BCUT2D eigenvalue weighted by Gasteiger charge is 2.37. The van der Waals surface area contributed by atoms with Gasteiger partial charge in [-0.15, -0.1) is 5.10 Å². The molecule has 0 unspecified atom stereocenters. The first-order chi connectivity index (χ1) is 13.1. The van der Waals surface area contributed by atoms with Crippen molar-refractivity contribution in [1.29, 1.82) is 5.26 Å². The van der Waals surface area contributed by atoms with Crippen LogP contribution in [-0.4, -0.2) is 49.9 Å². The lowest BCUT2D eigenvalue weighted by Gasteiger charge is -2.34. The maximum absolute atomic E-state index is 13.1. The molecular formula is C19H23N7O. The molecule has 1 saturated heterocycles. The summed E-state index contributed by atoms with van der Waals surface area (Å²) < 4.78 is 1.67. The second-order valence-corrected chi connectivity index (χ2v) is 7.36. The summed E-state index contributed by atoms with van der Waals surface area (Å²) in [5, 5.41) is 17.0. The van der Waals surface area contributed by atoms with Crippen LogP contribution in [0.5, 0.6) is 0 Å². The van der Waals surface area contributed by atoms with E-state index in [-0.39, 0.29) is 11.8 Å². The Morgan fingerprint density at radius 2 is 2.07 bits per heavy atom. The van der Waals surface area contributed by atoms with Gasteiger partial charge in [-0.1, -0.05) is 5.21 Å². The van der Waals surface area contributed by atoms with Gasteiger partial charge in [0.05, 0.1) is 12.1 Å². The molecule has 0 atom stereocenters. The van der Waals surface area contributed by atoms with Crippen LogP contribution < -0.4 is 4.90 Å². The first-order valence-corrected chi connectivity index (χ1v) is 9.41. The molecule has 0 N–H and O–H groups in total. The van der Waals surface area contributed by atoms with Crippen molar-refractivity contribution in [3.63, 3.8) is 0 Å². The molecule has 2 aromatic rings. The van der Waals surface area contributed by atoms with E-state index in [4.69, 9.17) is 5.26 Å². The van der Waals surface area contributed by atoms with Crippen LogP contribution in [0.25, 0.3) is 0 Å². The third-order valence-corrected chi connectivity index (χ3v) is 5.30. The Balaban J connectivity index is 1.37. The number of carbonyl (C=O) groups excluding carboxylic acids is 1. The van der Waals surface area contributed by atoms with Crippen LogP contribution in [0.2, 0.25) is 0 Å². The quantitative estimate of drug-likeness (QED) is 0.797. The lowest BCUT2D eigenvalue weighted by atomic mass is 9.95. The number of nitrogens with zero attached hydrogens (tertiary/aromatic N) is 7. The van der Waals surface area contributed by atoms with Gasteiger partial charge in [-0.3, -0.25) is 9.48 Å². The van der Waals surface area contributed by atoms with Crippen LogP contribution >= 0.6 is 0 Å². The molecule has 27 heavy (non-hydrogen) atoms. The number of hydrogen-bond donors (Lipinski definition) is 0. The number of rotatable bonds is 5. The zero-order chi connectivity index (χ0) is 18.8. The lowest BCUT2D eigenvalue weighted by Crippen LogP contribution is -2.43. The molecule has 2 fully saturated rings. The molecule has 1 amide bonds. The summed E-state index contributed by atoms with van der Waals surface area (Å²) in [6, 6.07) is 6.11. The minimum absolute atomic E-state index is 0.0527. The van der Waals surface area contributed by atoms with Crippen LogP contribution in [-0.2, 0) is 18.4 Å². The van der Waals surface area contributed by atoms with Crippen LogP contribution in [0.15, 0.2) is 24.5 Å². The Bertz CT molecular complexity index is 842. The number of aromatic nitrogens is 4. The van der Waals surface area contributed by atoms with Gasteiger partial charge in [0.25, 0.3) is 0 Å². The number of hydrogen-bond acceptors (Lipinski definition) is 6. The summed E-state index contributed by atoms with van der Waals surface area (Å²) in [6.07, 6.45) is 7.29. The van der Waals surface area contributed by atoms with Crippen molar-refractivity contribution in [2.45, 2.75) is 38.3 Å². The molecule has 2 aromatic heterocycles. The van der Waals surface area contributed by atoms with Gasteiger partial charge in [-0.05, 0) is 37.8 Å². The molecule has 0 aromatic carbocycles. The van der Waals surface area contributed by atoms with Crippen molar-refractivity contribution in [3.8, 4) is 6.07 Å². The zero-order valence-corrected chi connectivity index (χ0v) is 15.5. The Morgan fingerprint density at radius 3 is 2.63 bits per heavy atom. The average Bonchev–Trinajstić information content (AvgIpc) is 3.47. The molecule has 8 heteroatoms. The van der Waals surface area contributed by atoms with Crippen molar-refractivity contribution in [1.82, 2.24) is 24.9 Å². The van der Waals surface area contributed by atoms with Crippen molar-refractivity contribution in [2.75, 3.05) is 18.0 Å². The summed E-state index contributed by atoms with van der Waals surface area (Å²) in [6.45, 7) is 2.16. The first-order valence-electron chi connectivity index (χ1n) is 9.41. The number of amides is 1. The highest BCUT2D eigenvalue weighted by Crippen LogP contribution is 2.32. The third-order valence-electron chi connectivity index (χ3n) is 5.30. The number of piperidine rings is 1. The number of nitriles is 1. The van der Waals surface area contributed by atoms with E-state index < -0.39 is 0 Å². The summed E-state index contributed by atoms with van der Waals surface area (Å²) in [4.78, 5) is 21.7. The Morgan fingerprint density at radius 1 is 1.30 bits per heavy atom. The second-order valence-electron chi connectivity index (χ2n) is 7.36. The summed E-state index contributed by atoms with van der Waals surface area (Å²) in [5.74, 6) is 1.17. The van der Waals surface area contributed by atoms with Crippen LogP contribution in [0.3, 0.4) is 0 Å². The maximum Gasteiger partial charge on any atom is 0.226 e. The third kappa shape index (κ3) is 3.92. The van der Waals surface area contributed by atoms with E-state index in [9.17, 15) is 4.79 Å². The normalized spacial score (nSPS) is 17.6. The molecule has 140 valence electrons. The molecule has 0 spiro atoms. The molecule has 2 aliphatic rings. The van der Waals surface area contributed by atoms with Crippen molar-refractivity contribution < 1.29 is 4.79 Å². The van der Waals surface area contributed by atoms with E-state index >= 15 is 0 Å². The zero-order valence-electron chi connectivity index (χ0n) is 15.5. The van der Waals surface area contributed by atoms with E-state index in [1.165, 1.54) is 0 Å². The largest absolute Gasteiger partial charge is 0.357 e. The van der Waals surface area contributed by atoms with Crippen LogP contribution in [0.1, 0.15) is 36.9 Å². The van der Waals surface area contributed by atoms with E-state index in [1.54, 1.807) is 16.9 Å². The molecular weight excluding hydrogens is 342 g/mol. The molecule has 0 bridgehead atoms. The van der Waals surface area contributed by atoms with Gasteiger partial charge in [-0.25, -0.2) is 4.98 Å². The Labute approximate surface area is 158 Å². The number of aryl methyl sites for hydroxylation is 1. The standard InChI is InChI=1S/C19H23N7O/c1-24-12-16(22-23-24)13-26(17-3-4-17)19(27)15-6-8-25(9-7-15)18-5-2-14(10-20)11-21-18/h2,5,11-12,15,17H,3-4,6-9,13H2,1H3. The van der Waals surface area contributed by atoms with E-state index in [0.717, 1.165) is 50.3 Å². The summed E-state index contributed by atoms with van der Waals surface area (Å²) >= 11 is 0. The van der Waals surface area contributed by atoms with Crippen molar-refractivity contribution in [2.24, 2.45) is 13.0 Å². The summed E-state index contributed by atoms with van der Waals surface area (Å²) in [7, 11) is 1.84. The molecule has 1 aliphatic carbocycles. The van der Waals surface area contributed by atoms with Gasteiger partial charge in [-0.2, -0.15) is 5.26 Å². The van der Waals surface area contributed by atoms with Crippen LogP contribution in [0.4, 0.5) is 5.82 Å². The molecule has 8 nitrogen and oxygen atoms in total. The smallest absolute Gasteiger partial charge is 0.226 e. The molecule has 3 heterocycles. The number of carbonyl (C=O) groups is 1. The summed E-state index contributed by atoms with van der Waals surface area (Å²) in [5.41, 5.74) is 1.41. The van der Waals surface area contributed by atoms with Crippen LogP contribution in [0, 0.1) is 17.2 Å². The average molecular weight is 365 g/mol. The van der Waals surface area contributed by atoms with E-state index in [1.807, 2.05) is 24.2 Å². The monoisotopic (exact) mass is 365 g/mol. The molecule has 4 rings (SSSR count). The van der Waals surface area contributed by atoms with E-state index in [2.05, 4.69) is 26.3 Å². The van der Waals surface area contributed by atoms with Gasteiger partial charge in [0.1, 0.15) is 17.6 Å². The van der Waals surface area contributed by atoms with Gasteiger partial charge >= 0.3 is 0 Å². The van der Waals surface area contributed by atoms with Crippen molar-refractivity contribution >= 4 is 11.7 Å². The van der Waals surface area contributed by atoms with Gasteiger partial charge in [0.15, 0.2) is 0 Å². The maximum atomic E-state index is 13.1. The minimum Gasteiger partial charge on any atom is -0.357 e. The molecule has 1 aliphatic heterocycles. The second kappa shape index (κ2) is 7.35. The number of anilines is 1. The Hall–Kier alpha value is -2.95. The minimum atomic E-state index is 0.0527. The van der Waals surface area contributed by atoms with Gasteiger partial charge in [0.2, 0.25) is 5.91 Å². The SMILES string of the molecule is Cn1cc(CN(C(=O)C2CCN(c3ccc(C#N)cn3)CC2)C2CC2)nn1. The molecule has 0 radical (unpaired) electrons. The fourth-order valence-corrected chi connectivity index (χ4v) is 3.64. The fraction of sp³-hybridized carbons (Fsp3) is 0.526. The lowest BCUT2D eigenvalue weighted by molar-refractivity contribution is -0.137. The molecule has 1 saturated carbocycles. The fourth-order valence-electron chi connectivity index (χ4n) is 3.64. The van der Waals surface area contributed by atoms with Gasteiger partial charge in [0, 0.05) is 44.5 Å². The topological polar surface area (TPSA) is 90.9 Å².